The summed E-state index contributed by atoms with van der Waals surface area (Å²) in [5.74, 6) is 0.481. The topological polar surface area (TPSA) is 32.3 Å². The Morgan fingerprint density at radius 3 is 2.15 bits per heavy atom. The van der Waals surface area contributed by atoms with Crippen molar-refractivity contribution in [1.29, 1.82) is 0 Å². The Morgan fingerprint density at radius 1 is 1.15 bits per heavy atom. The molecule has 0 saturated heterocycles. The van der Waals surface area contributed by atoms with Crippen LogP contribution in [0.2, 0.25) is 0 Å². The molecular formula is C15H22F3NO. The van der Waals surface area contributed by atoms with E-state index in [0.717, 1.165) is 18.6 Å². The van der Waals surface area contributed by atoms with Gasteiger partial charge in [-0.1, -0.05) is 32.4 Å². The lowest BCUT2D eigenvalue weighted by molar-refractivity contribution is -0.137. The van der Waals surface area contributed by atoms with Gasteiger partial charge in [0.25, 0.3) is 0 Å². The van der Waals surface area contributed by atoms with E-state index in [4.69, 9.17) is 0 Å². The largest absolute Gasteiger partial charge is 0.416 e. The number of alkyl halides is 3. The number of rotatable bonds is 6. The number of hydrogen-bond acceptors (Lipinski definition) is 2. The van der Waals surface area contributed by atoms with Gasteiger partial charge in [0.2, 0.25) is 0 Å². The summed E-state index contributed by atoms with van der Waals surface area (Å²) in [4.78, 5) is 0. The Balaban J connectivity index is 2.58. The highest BCUT2D eigenvalue weighted by Gasteiger charge is 2.30. The van der Waals surface area contributed by atoms with Crippen LogP contribution in [-0.2, 0) is 6.18 Å². The molecule has 1 aromatic rings. The molecular weight excluding hydrogens is 267 g/mol. The molecule has 2 nitrogen and oxygen atoms in total. The number of benzene rings is 1. The molecule has 0 spiro atoms. The van der Waals surface area contributed by atoms with E-state index in [9.17, 15) is 18.3 Å². The Morgan fingerprint density at radius 2 is 1.70 bits per heavy atom. The third kappa shape index (κ3) is 4.80. The lowest BCUT2D eigenvalue weighted by Gasteiger charge is -2.22. The number of hydrogen-bond donors (Lipinski definition) is 2. The zero-order chi connectivity index (χ0) is 15.3. The van der Waals surface area contributed by atoms with Gasteiger partial charge in [-0.05, 0) is 30.5 Å². The van der Waals surface area contributed by atoms with Crippen molar-refractivity contribution in [3.8, 4) is 0 Å². The van der Waals surface area contributed by atoms with E-state index in [1.807, 2.05) is 6.92 Å². The van der Waals surface area contributed by atoms with Gasteiger partial charge in [0.15, 0.2) is 0 Å². The molecule has 1 aromatic carbocycles. The number of halogens is 3. The van der Waals surface area contributed by atoms with Gasteiger partial charge in [-0.15, -0.1) is 0 Å². The molecule has 0 amide bonds. The Bertz CT molecular complexity index is 403. The van der Waals surface area contributed by atoms with Gasteiger partial charge in [0.1, 0.15) is 0 Å². The van der Waals surface area contributed by atoms with E-state index >= 15 is 0 Å². The van der Waals surface area contributed by atoms with Gasteiger partial charge in [0, 0.05) is 12.6 Å². The fourth-order valence-electron chi connectivity index (χ4n) is 1.86. The van der Waals surface area contributed by atoms with Gasteiger partial charge in [-0.3, -0.25) is 0 Å². The fourth-order valence-corrected chi connectivity index (χ4v) is 1.86. The molecule has 114 valence electrons. The van der Waals surface area contributed by atoms with E-state index in [0.29, 0.717) is 18.0 Å². The van der Waals surface area contributed by atoms with Crippen molar-refractivity contribution in [2.24, 2.45) is 5.92 Å². The quantitative estimate of drug-likeness (QED) is 0.835. The van der Waals surface area contributed by atoms with E-state index in [1.54, 1.807) is 0 Å². The molecule has 0 aliphatic heterocycles. The molecule has 5 heteroatoms. The van der Waals surface area contributed by atoms with Gasteiger partial charge in [0.05, 0.1) is 11.7 Å². The first-order valence-electron chi connectivity index (χ1n) is 6.84. The van der Waals surface area contributed by atoms with Gasteiger partial charge >= 0.3 is 6.18 Å². The van der Waals surface area contributed by atoms with Crippen LogP contribution in [0.25, 0.3) is 0 Å². The van der Waals surface area contributed by atoms with Crippen LogP contribution in [0.15, 0.2) is 24.3 Å². The van der Waals surface area contributed by atoms with Gasteiger partial charge in [-0.2, -0.15) is 13.2 Å². The third-order valence-corrected chi connectivity index (χ3v) is 3.75. The summed E-state index contributed by atoms with van der Waals surface area (Å²) in [7, 11) is 0. The van der Waals surface area contributed by atoms with Crippen LogP contribution in [0.4, 0.5) is 13.2 Å². The minimum atomic E-state index is -4.34. The number of aliphatic hydroxyl groups is 1. The highest BCUT2D eigenvalue weighted by molar-refractivity contribution is 5.26. The van der Waals surface area contributed by atoms with Crippen molar-refractivity contribution in [2.75, 3.05) is 6.54 Å². The maximum atomic E-state index is 12.4. The molecule has 0 bridgehead atoms. The van der Waals surface area contributed by atoms with Gasteiger partial charge in [-0.25, -0.2) is 0 Å². The highest BCUT2D eigenvalue weighted by atomic mass is 19.4. The van der Waals surface area contributed by atoms with Crippen LogP contribution in [0.3, 0.4) is 0 Å². The second-order valence-corrected chi connectivity index (χ2v) is 5.22. The van der Waals surface area contributed by atoms with E-state index in [-0.39, 0.29) is 6.04 Å². The molecule has 0 saturated carbocycles. The first kappa shape index (κ1) is 17.0. The van der Waals surface area contributed by atoms with Crippen LogP contribution in [-0.4, -0.2) is 17.7 Å². The Labute approximate surface area is 118 Å². The minimum Gasteiger partial charge on any atom is -0.387 e. The summed E-state index contributed by atoms with van der Waals surface area (Å²) >= 11 is 0. The second-order valence-electron chi connectivity index (χ2n) is 5.22. The van der Waals surface area contributed by atoms with E-state index in [1.165, 1.54) is 12.1 Å². The lowest BCUT2D eigenvalue weighted by Crippen LogP contribution is -2.35. The second kappa shape index (κ2) is 7.09. The van der Waals surface area contributed by atoms with Crippen LogP contribution >= 0.6 is 0 Å². The summed E-state index contributed by atoms with van der Waals surface area (Å²) in [5, 5.41) is 13.2. The molecule has 0 aliphatic rings. The van der Waals surface area contributed by atoms with Crippen molar-refractivity contribution in [1.82, 2.24) is 5.32 Å². The molecule has 0 aliphatic carbocycles. The average Bonchev–Trinajstić information content (AvgIpc) is 2.42. The number of nitrogens with one attached hydrogen (secondary N) is 1. The average molecular weight is 289 g/mol. The van der Waals surface area contributed by atoms with Crippen LogP contribution < -0.4 is 5.32 Å². The minimum absolute atomic E-state index is 0.254. The van der Waals surface area contributed by atoms with E-state index < -0.39 is 17.8 Å². The highest BCUT2D eigenvalue weighted by Crippen LogP contribution is 2.29. The Kier molecular flexibility index (Phi) is 6.02. The van der Waals surface area contributed by atoms with E-state index in [2.05, 4.69) is 19.2 Å². The SMILES string of the molecule is CCC(C)C(C)NCC(O)c1ccc(C(F)(F)F)cc1. The van der Waals surface area contributed by atoms with Crippen LogP contribution in [0, 0.1) is 5.92 Å². The maximum absolute atomic E-state index is 12.4. The monoisotopic (exact) mass is 289 g/mol. The third-order valence-electron chi connectivity index (χ3n) is 3.75. The lowest BCUT2D eigenvalue weighted by atomic mass is 10.00. The summed E-state index contributed by atoms with van der Waals surface area (Å²) in [5.41, 5.74) is -0.212. The van der Waals surface area contributed by atoms with Crippen molar-refractivity contribution in [3.63, 3.8) is 0 Å². The Hall–Kier alpha value is -1.07. The molecule has 3 unspecified atom stereocenters. The van der Waals surface area contributed by atoms with Gasteiger partial charge < -0.3 is 10.4 Å². The van der Waals surface area contributed by atoms with Crippen molar-refractivity contribution in [2.45, 2.75) is 45.5 Å². The first-order valence-corrected chi connectivity index (χ1v) is 6.84. The molecule has 3 atom stereocenters. The normalized spacial score (nSPS) is 16.8. The molecule has 1 rings (SSSR count). The predicted octanol–water partition coefficient (Wildman–Crippen LogP) is 3.76. The molecule has 2 N–H and O–H groups in total. The number of aliphatic hydroxyl groups excluding tert-OH is 1. The molecule has 0 fully saturated rings. The summed E-state index contributed by atoms with van der Waals surface area (Å²) in [6, 6.07) is 4.89. The zero-order valence-corrected chi connectivity index (χ0v) is 12.0. The zero-order valence-electron chi connectivity index (χ0n) is 12.0. The van der Waals surface area contributed by atoms with Crippen LogP contribution in [0.5, 0.6) is 0 Å². The smallest absolute Gasteiger partial charge is 0.387 e. The predicted molar refractivity (Wildman–Crippen MR) is 73.3 cm³/mol. The standard InChI is InChI=1S/C15H22F3NO/c1-4-10(2)11(3)19-9-14(20)12-5-7-13(8-6-12)15(16,17)18/h5-8,10-11,14,19-20H,4,9H2,1-3H3. The summed E-state index contributed by atoms with van der Waals surface area (Å²) in [6.07, 6.45) is -4.11. The molecule has 20 heavy (non-hydrogen) atoms. The first-order chi connectivity index (χ1) is 9.25. The van der Waals surface area contributed by atoms with Crippen molar-refractivity contribution < 1.29 is 18.3 Å². The fraction of sp³-hybridized carbons (Fsp3) is 0.600. The van der Waals surface area contributed by atoms with Crippen LogP contribution in [0.1, 0.15) is 44.4 Å². The summed E-state index contributed by atoms with van der Waals surface area (Å²) < 4.78 is 37.3. The molecule has 0 aromatic heterocycles. The molecule has 0 heterocycles. The maximum Gasteiger partial charge on any atom is 0.416 e. The summed E-state index contributed by atoms with van der Waals surface area (Å²) in [6.45, 7) is 6.57. The van der Waals surface area contributed by atoms with Crippen molar-refractivity contribution in [3.05, 3.63) is 35.4 Å². The van der Waals surface area contributed by atoms with Crippen molar-refractivity contribution >= 4 is 0 Å². The molecule has 0 radical (unpaired) electrons.